The van der Waals surface area contributed by atoms with Gasteiger partial charge in [0.15, 0.2) is 0 Å². The third-order valence-electron chi connectivity index (χ3n) is 2.15. The SMILES string of the molecule is CC(C)(C)C(=O)OCc1ccccc1C=O. The van der Waals surface area contributed by atoms with E-state index in [-0.39, 0.29) is 12.6 Å². The van der Waals surface area contributed by atoms with Gasteiger partial charge in [-0.3, -0.25) is 9.59 Å². The van der Waals surface area contributed by atoms with Gasteiger partial charge in [0, 0.05) is 5.56 Å². The Labute approximate surface area is 95.4 Å². The van der Waals surface area contributed by atoms with Gasteiger partial charge in [0.1, 0.15) is 12.9 Å². The maximum Gasteiger partial charge on any atom is 0.311 e. The summed E-state index contributed by atoms with van der Waals surface area (Å²) in [5.41, 5.74) is 0.773. The number of carbonyl (C=O) groups excluding carboxylic acids is 2. The fourth-order valence-corrected chi connectivity index (χ4v) is 1.14. The Bertz CT molecular complexity index is 388. The summed E-state index contributed by atoms with van der Waals surface area (Å²) in [6, 6.07) is 7.07. The summed E-state index contributed by atoms with van der Waals surface area (Å²) < 4.78 is 5.14. The molecular weight excluding hydrogens is 204 g/mol. The summed E-state index contributed by atoms with van der Waals surface area (Å²) in [7, 11) is 0. The van der Waals surface area contributed by atoms with E-state index in [1.165, 1.54) is 0 Å². The largest absolute Gasteiger partial charge is 0.460 e. The van der Waals surface area contributed by atoms with E-state index in [1.807, 2.05) is 6.07 Å². The third-order valence-corrected chi connectivity index (χ3v) is 2.15. The topological polar surface area (TPSA) is 43.4 Å². The lowest BCUT2D eigenvalue weighted by molar-refractivity contribution is -0.154. The average molecular weight is 220 g/mol. The molecule has 0 saturated carbocycles. The maximum absolute atomic E-state index is 11.5. The van der Waals surface area contributed by atoms with Crippen LogP contribution >= 0.6 is 0 Å². The molecule has 0 bridgehead atoms. The summed E-state index contributed by atoms with van der Waals surface area (Å²) >= 11 is 0. The van der Waals surface area contributed by atoms with Crippen LogP contribution in [-0.4, -0.2) is 12.3 Å². The molecule has 0 amide bonds. The van der Waals surface area contributed by atoms with Crippen LogP contribution in [0, 0.1) is 5.41 Å². The zero-order valence-corrected chi connectivity index (χ0v) is 9.82. The molecule has 0 spiro atoms. The monoisotopic (exact) mass is 220 g/mol. The van der Waals surface area contributed by atoms with Crippen molar-refractivity contribution in [2.45, 2.75) is 27.4 Å². The second-order valence-electron chi connectivity index (χ2n) is 4.64. The van der Waals surface area contributed by atoms with Crippen molar-refractivity contribution >= 4 is 12.3 Å². The molecule has 0 aromatic heterocycles. The minimum absolute atomic E-state index is 0.144. The Morgan fingerprint density at radius 1 is 1.31 bits per heavy atom. The summed E-state index contributed by atoms with van der Waals surface area (Å²) in [6.45, 7) is 5.52. The molecule has 1 aromatic rings. The van der Waals surface area contributed by atoms with Crippen molar-refractivity contribution in [1.82, 2.24) is 0 Å². The zero-order valence-electron chi connectivity index (χ0n) is 9.82. The van der Waals surface area contributed by atoms with Gasteiger partial charge in [0.25, 0.3) is 0 Å². The van der Waals surface area contributed by atoms with Gasteiger partial charge in [-0.15, -0.1) is 0 Å². The molecule has 0 aliphatic heterocycles. The lowest BCUT2D eigenvalue weighted by Crippen LogP contribution is -2.22. The second-order valence-corrected chi connectivity index (χ2v) is 4.64. The van der Waals surface area contributed by atoms with Crippen molar-refractivity contribution in [3.8, 4) is 0 Å². The molecule has 0 atom stereocenters. The molecule has 0 N–H and O–H groups in total. The minimum atomic E-state index is -0.518. The molecule has 0 radical (unpaired) electrons. The van der Waals surface area contributed by atoms with Gasteiger partial charge < -0.3 is 4.74 Å². The summed E-state index contributed by atoms with van der Waals surface area (Å²) in [4.78, 5) is 22.3. The van der Waals surface area contributed by atoms with Crippen LogP contribution in [0.25, 0.3) is 0 Å². The van der Waals surface area contributed by atoms with Crippen molar-refractivity contribution in [3.63, 3.8) is 0 Å². The fourth-order valence-electron chi connectivity index (χ4n) is 1.14. The molecule has 16 heavy (non-hydrogen) atoms. The Morgan fingerprint density at radius 3 is 2.50 bits per heavy atom. The summed E-state index contributed by atoms with van der Waals surface area (Å²) in [5.74, 6) is -0.270. The van der Waals surface area contributed by atoms with Crippen LogP contribution in [-0.2, 0) is 16.1 Å². The van der Waals surface area contributed by atoms with Crippen LogP contribution in [0.2, 0.25) is 0 Å². The normalized spacial score (nSPS) is 10.9. The predicted octanol–water partition coefficient (Wildman–Crippen LogP) is 2.59. The summed E-state index contributed by atoms with van der Waals surface area (Å²) in [5, 5.41) is 0. The lowest BCUT2D eigenvalue weighted by Gasteiger charge is -2.16. The first-order valence-corrected chi connectivity index (χ1v) is 5.15. The molecule has 86 valence electrons. The van der Waals surface area contributed by atoms with Crippen molar-refractivity contribution < 1.29 is 14.3 Å². The van der Waals surface area contributed by atoms with E-state index in [9.17, 15) is 9.59 Å². The van der Waals surface area contributed by atoms with E-state index < -0.39 is 5.41 Å². The number of hydrogen-bond donors (Lipinski definition) is 0. The molecule has 0 heterocycles. The van der Waals surface area contributed by atoms with E-state index in [0.717, 1.165) is 11.8 Å². The van der Waals surface area contributed by atoms with Crippen LogP contribution in [0.4, 0.5) is 0 Å². The molecule has 0 unspecified atom stereocenters. The lowest BCUT2D eigenvalue weighted by atomic mass is 9.97. The van der Waals surface area contributed by atoms with E-state index in [4.69, 9.17) is 4.74 Å². The van der Waals surface area contributed by atoms with Crippen LogP contribution in [0.15, 0.2) is 24.3 Å². The van der Waals surface area contributed by atoms with Crippen LogP contribution in [0.1, 0.15) is 36.7 Å². The molecule has 0 aliphatic carbocycles. The smallest absolute Gasteiger partial charge is 0.311 e. The van der Waals surface area contributed by atoms with Gasteiger partial charge in [0.05, 0.1) is 5.41 Å². The highest BCUT2D eigenvalue weighted by atomic mass is 16.5. The Kier molecular flexibility index (Phi) is 3.82. The molecule has 0 saturated heterocycles. The number of aldehydes is 1. The Hall–Kier alpha value is -1.64. The van der Waals surface area contributed by atoms with Crippen molar-refractivity contribution in [1.29, 1.82) is 0 Å². The van der Waals surface area contributed by atoms with Crippen molar-refractivity contribution in [2.75, 3.05) is 0 Å². The number of carbonyl (C=O) groups is 2. The first kappa shape index (κ1) is 12.4. The molecular formula is C13H16O3. The second kappa shape index (κ2) is 4.92. The van der Waals surface area contributed by atoms with Crippen LogP contribution in [0.5, 0.6) is 0 Å². The van der Waals surface area contributed by atoms with E-state index in [0.29, 0.717) is 5.56 Å². The molecule has 3 nitrogen and oxygen atoms in total. The highest BCUT2D eigenvalue weighted by Gasteiger charge is 2.23. The summed E-state index contributed by atoms with van der Waals surface area (Å²) in [6.07, 6.45) is 0.764. The zero-order chi connectivity index (χ0) is 12.2. The Balaban J connectivity index is 2.68. The predicted molar refractivity (Wildman–Crippen MR) is 61.1 cm³/mol. The van der Waals surface area contributed by atoms with E-state index in [2.05, 4.69) is 0 Å². The molecule has 0 fully saturated rings. The van der Waals surface area contributed by atoms with Crippen LogP contribution in [0.3, 0.4) is 0 Å². The van der Waals surface area contributed by atoms with E-state index in [1.54, 1.807) is 39.0 Å². The number of rotatable bonds is 3. The molecule has 1 aromatic carbocycles. The van der Waals surface area contributed by atoms with E-state index >= 15 is 0 Å². The van der Waals surface area contributed by atoms with Crippen molar-refractivity contribution in [3.05, 3.63) is 35.4 Å². The molecule has 3 heteroatoms. The molecule has 0 aliphatic rings. The highest BCUT2D eigenvalue weighted by molar-refractivity contribution is 5.78. The number of ether oxygens (including phenoxy) is 1. The average Bonchev–Trinajstić information content (AvgIpc) is 2.24. The number of esters is 1. The standard InChI is InChI=1S/C13H16O3/c1-13(2,3)12(15)16-9-11-7-5-4-6-10(11)8-14/h4-8H,9H2,1-3H3. The van der Waals surface area contributed by atoms with Crippen LogP contribution < -0.4 is 0 Å². The fraction of sp³-hybridized carbons (Fsp3) is 0.385. The van der Waals surface area contributed by atoms with Gasteiger partial charge in [-0.2, -0.15) is 0 Å². The van der Waals surface area contributed by atoms with Gasteiger partial charge in [-0.1, -0.05) is 24.3 Å². The molecule has 1 rings (SSSR count). The quantitative estimate of drug-likeness (QED) is 0.581. The first-order chi connectivity index (χ1) is 7.45. The van der Waals surface area contributed by atoms with Gasteiger partial charge in [0.2, 0.25) is 0 Å². The Morgan fingerprint density at radius 2 is 1.94 bits per heavy atom. The first-order valence-electron chi connectivity index (χ1n) is 5.15. The number of benzene rings is 1. The van der Waals surface area contributed by atoms with Gasteiger partial charge >= 0.3 is 5.97 Å². The number of hydrogen-bond acceptors (Lipinski definition) is 3. The maximum atomic E-state index is 11.5. The van der Waals surface area contributed by atoms with Crippen molar-refractivity contribution in [2.24, 2.45) is 5.41 Å². The highest BCUT2D eigenvalue weighted by Crippen LogP contribution is 2.17. The van der Waals surface area contributed by atoms with Gasteiger partial charge in [-0.05, 0) is 26.3 Å². The minimum Gasteiger partial charge on any atom is -0.460 e. The van der Waals surface area contributed by atoms with Gasteiger partial charge in [-0.25, -0.2) is 0 Å². The third kappa shape index (κ3) is 3.19.